The molecule has 0 aliphatic carbocycles. The fourth-order valence-electron chi connectivity index (χ4n) is 1.74. The van der Waals surface area contributed by atoms with E-state index < -0.39 is 6.10 Å². The number of aromatic nitrogens is 3. The number of rotatable bonds is 4. The molecule has 1 heterocycles. The van der Waals surface area contributed by atoms with Gasteiger partial charge in [-0.2, -0.15) is 10.1 Å². The number of methoxy groups -OCH3 is 1. The number of ether oxygens (including phenoxy) is 1. The van der Waals surface area contributed by atoms with Gasteiger partial charge in [-0.15, -0.1) is 0 Å². The Morgan fingerprint density at radius 3 is 2.79 bits per heavy atom. The maximum atomic E-state index is 10.2. The van der Waals surface area contributed by atoms with Crippen molar-refractivity contribution in [3.05, 3.63) is 39.6 Å². The summed E-state index contributed by atoms with van der Waals surface area (Å²) in [7, 11) is 1.50. The molecular formula is C12H13Cl2N3O2. The number of nitrogens with zero attached hydrogens (tertiary/aromatic N) is 3. The summed E-state index contributed by atoms with van der Waals surface area (Å²) in [6, 6.07) is 5.30. The summed E-state index contributed by atoms with van der Waals surface area (Å²) in [6.45, 7) is 1.95. The number of aliphatic hydroxyl groups excluding tert-OH is 1. The Morgan fingerprint density at radius 1 is 1.42 bits per heavy atom. The molecule has 0 amide bonds. The molecule has 19 heavy (non-hydrogen) atoms. The van der Waals surface area contributed by atoms with Crippen molar-refractivity contribution < 1.29 is 9.84 Å². The molecule has 7 heteroatoms. The Labute approximate surface area is 120 Å². The van der Waals surface area contributed by atoms with Gasteiger partial charge in [0.1, 0.15) is 6.10 Å². The van der Waals surface area contributed by atoms with Gasteiger partial charge in [-0.25, -0.2) is 4.68 Å². The third-order valence-electron chi connectivity index (χ3n) is 2.59. The Hall–Kier alpha value is -1.30. The summed E-state index contributed by atoms with van der Waals surface area (Å²) in [5, 5.41) is 15.3. The molecule has 2 aromatic rings. The average molecular weight is 302 g/mol. The minimum atomic E-state index is -0.820. The van der Waals surface area contributed by atoms with E-state index in [9.17, 15) is 5.11 Å². The Balaban J connectivity index is 2.22. The van der Waals surface area contributed by atoms with Crippen LogP contribution in [0.2, 0.25) is 10.0 Å². The molecule has 1 atom stereocenters. The van der Waals surface area contributed by atoms with E-state index in [-0.39, 0.29) is 6.54 Å². The van der Waals surface area contributed by atoms with Crippen LogP contribution in [0.4, 0.5) is 0 Å². The first-order chi connectivity index (χ1) is 9.01. The molecule has 1 aromatic carbocycles. The highest BCUT2D eigenvalue weighted by Gasteiger charge is 2.16. The molecule has 5 nitrogen and oxygen atoms in total. The van der Waals surface area contributed by atoms with Crippen molar-refractivity contribution in [1.29, 1.82) is 0 Å². The number of aryl methyl sites for hydroxylation is 1. The molecule has 0 fully saturated rings. The minimum absolute atomic E-state index is 0.200. The lowest BCUT2D eigenvalue weighted by molar-refractivity contribution is 0.145. The van der Waals surface area contributed by atoms with Crippen LogP contribution >= 0.6 is 23.2 Å². The van der Waals surface area contributed by atoms with E-state index in [1.165, 1.54) is 11.8 Å². The van der Waals surface area contributed by atoms with Gasteiger partial charge in [0.2, 0.25) is 0 Å². The van der Waals surface area contributed by atoms with E-state index in [0.717, 1.165) is 0 Å². The van der Waals surface area contributed by atoms with Gasteiger partial charge in [0, 0.05) is 15.6 Å². The standard InChI is InChI=1S/C12H13Cl2N3O2/c1-7-15-12(19-2)17(16-7)6-11(18)9-4-3-8(13)5-10(9)14/h3-5,11,18H,6H2,1-2H3. The largest absolute Gasteiger partial charge is 0.467 e. The normalized spacial score (nSPS) is 12.5. The minimum Gasteiger partial charge on any atom is -0.467 e. The molecule has 0 aliphatic heterocycles. The smallest absolute Gasteiger partial charge is 0.314 e. The first-order valence-electron chi connectivity index (χ1n) is 5.59. The maximum absolute atomic E-state index is 10.2. The second-order valence-electron chi connectivity index (χ2n) is 4.01. The number of hydrogen-bond donors (Lipinski definition) is 1. The summed E-state index contributed by atoms with van der Waals surface area (Å²) < 4.78 is 6.57. The fourth-order valence-corrected chi connectivity index (χ4v) is 2.27. The SMILES string of the molecule is COc1nc(C)nn1CC(O)c1ccc(Cl)cc1Cl. The predicted octanol–water partition coefficient (Wildman–Crippen LogP) is 2.64. The van der Waals surface area contributed by atoms with E-state index in [1.54, 1.807) is 25.1 Å². The van der Waals surface area contributed by atoms with Crippen molar-refractivity contribution in [3.8, 4) is 6.01 Å². The van der Waals surface area contributed by atoms with Crippen molar-refractivity contribution in [2.24, 2.45) is 0 Å². The van der Waals surface area contributed by atoms with Crippen LogP contribution in [-0.2, 0) is 6.54 Å². The van der Waals surface area contributed by atoms with Gasteiger partial charge in [0.15, 0.2) is 5.82 Å². The second kappa shape index (κ2) is 5.77. The van der Waals surface area contributed by atoms with Gasteiger partial charge < -0.3 is 9.84 Å². The lowest BCUT2D eigenvalue weighted by Crippen LogP contribution is -2.12. The molecule has 1 aromatic heterocycles. The number of aliphatic hydroxyl groups is 1. The molecule has 0 radical (unpaired) electrons. The van der Waals surface area contributed by atoms with E-state index >= 15 is 0 Å². The Bertz CT molecular complexity index is 586. The first kappa shape index (κ1) is 14.1. The molecule has 0 spiro atoms. The third-order valence-corrected chi connectivity index (χ3v) is 3.16. The average Bonchev–Trinajstić information content (AvgIpc) is 2.69. The van der Waals surface area contributed by atoms with Gasteiger partial charge in [-0.05, 0) is 19.1 Å². The summed E-state index contributed by atoms with van der Waals surface area (Å²) in [5.74, 6) is 0.575. The highest BCUT2D eigenvalue weighted by molar-refractivity contribution is 6.35. The third kappa shape index (κ3) is 3.18. The molecule has 0 saturated heterocycles. The van der Waals surface area contributed by atoms with Crippen molar-refractivity contribution in [2.45, 2.75) is 19.6 Å². The van der Waals surface area contributed by atoms with Crippen LogP contribution in [0.1, 0.15) is 17.5 Å². The zero-order chi connectivity index (χ0) is 14.0. The van der Waals surface area contributed by atoms with Gasteiger partial charge in [0.05, 0.1) is 13.7 Å². The first-order valence-corrected chi connectivity index (χ1v) is 6.35. The van der Waals surface area contributed by atoms with Crippen LogP contribution in [-0.4, -0.2) is 27.0 Å². The van der Waals surface area contributed by atoms with Crippen LogP contribution in [0.5, 0.6) is 6.01 Å². The summed E-state index contributed by atoms with van der Waals surface area (Å²) in [5.41, 5.74) is 0.585. The van der Waals surface area contributed by atoms with Crippen LogP contribution in [0.25, 0.3) is 0 Å². The van der Waals surface area contributed by atoms with Gasteiger partial charge in [-0.1, -0.05) is 29.3 Å². The zero-order valence-corrected chi connectivity index (χ0v) is 12.0. The van der Waals surface area contributed by atoms with E-state index in [1.807, 2.05) is 0 Å². The summed E-state index contributed by atoms with van der Waals surface area (Å²) >= 11 is 11.9. The molecule has 102 valence electrons. The highest BCUT2D eigenvalue weighted by atomic mass is 35.5. The maximum Gasteiger partial charge on any atom is 0.314 e. The number of hydrogen-bond acceptors (Lipinski definition) is 4. The summed E-state index contributed by atoms with van der Waals surface area (Å²) in [6.07, 6.45) is -0.820. The van der Waals surface area contributed by atoms with Crippen molar-refractivity contribution >= 4 is 23.2 Å². The topological polar surface area (TPSA) is 60.2 Å². The quantitative estimate of drug-likeness (QED) is 0.943. The molecule has 0 aliphatic rings. The lowest BCUT2D eigenvalue weighted by Gasteiger charge is -2.13. The van der Waals surface area contributed by atoms with Gasteiger partial charge >= 0.3 is 6.01 Å². The molecule has 0 bridgehead atoms. The van der Waals surface area contributed by atoms with Crippen LogP contribution in [0.3, 0.4) is 0 Å². The van der Waals surface area contributed by atoms with Crippen molar-refractivity contribution in [2.75, 3.05) is 7.11 Å². The highest BCUT2D eigenvalue weighted by Crippen LogP contribution is 2.27. The van der Waals surface area contributed by atoms with E-state index in [0.29, 0.717) is 27.4 Å². The lowest BCUT2D eigenvalue weighted by atomic mass is 10.1. The van der Waals surface area contributed by atoms with E-state index in [2.05, 4.69) is 10.1 Å². The fraction of sp³-hybridized carbons (Fsp3) is 0.333. The van der Waals surface area contributed by atoms with Crippen LogP contribution in [0, 0.1) is 6.92 Å². The van der Waals surface area contributed by atoms with E-state index in [4.69, 9.17) is 27.9 Å². The molecule has 1 N–H and O–H groups in total. The zero-order valence-electron chi connectivity index (χ0n) is 10.5. The van der Waals surface area contributed by atoms with Crippen molar-refractivity contribution in [3.63, 3.8) is 0 Å². The second-order valence-corrected chi connectivity index (χ2v) is 4.85. The Morgan fingerprint density at radius 2 is 2.16 bits per heavy atom. The molecule has 0 saturated carbocycles. The van der Waals surface area contributed by atoms with Crippen LogP contribution < -0.4 is 4.74 Å². The summed E-state index contributed by atoms with van der Waals surface area (Å²) in [4.78, 5) is 4.08. The number of halogens is 2. The molecular weight excluding hydrogens is 289 g/mol. The predicted molar refractivity (Wildman–Crippen MR) is 72.7 cm³/mol. The monoisotopic (exact) mass is 301 g/mol. The molecule has 1 unspecified atom stereocenters. The molecule has 2 rings (SSSR count). The van der Waals surface area contributed by atoms with Crippen molar-refractivity contribution in [1.82, 2.24) is 14.8 Å². The Kier molecular flexibility index (Phi) is 4.29. The van der Waals surface area contributed by atoms with Crippen LogP contribution in [0.15, 0.2) is 18.2 Å². The van der Waals surface area contributed by atoms with Gasteiger partial charge in [-0.3, -0.25) is 0 Å². The van der Waals surface area contributed by atoms with Gasteiger partial charge in [0.25, 0.3) is 0 Å². The number of benzene rings is 1.